The van der Waals surface area contributed by atoms with Gasteiger partial charge in [0.05, 0.1) is 0 Å². The van der Waals surface area contributed by atoms with Crippen molar-refractivity contribution in [1.82, 2.24) is 0 Å². The van der Waals surface area contributed by atoms with Crippen molar-refractivity contribution in [1.29, 1.82) is 0 Å². The van der Waals surface area contributed by atoms with E-state index in [1.807, 2.05) is 22.7 Å². The first-order chi connectivity index (χ1) is 9.92. The van der Waals surface area contributed by atoms with Crippen LogP contribution >= 0.6 is 22.7 Å². The smallest absolute Gasteiger partial charge is 0.0427 e. The fraction of sp³-hybridized carbons (Fsp3) is 0. The van der Waals surface area contributed by atoms with Gasteiger partial charge in [0.15, 0.2) is 0 Å². The summed E-state index contributed by atoms with van der Waals surface area (Å²) in [6, 6.07) is 20.0. The zero-order chi connectivity index (χ0) is 13.1. The first-order valence-corrected chi connectivity index (χ1v) is 8.31. The maximum atomic E-state index is 2.27. The largest absolute Gasteiger partial charge is 0.143 e. The third kappa shape index (κ3) is 1.30. The molecule has 0 nitrogen and oxygen atoms in total. The van der Waals surface area contributed by atoms with Crippen molar-refractivity contribution in [3.8, 4) is 0 Å². The lowest BCUT2D eigenvalue weighted by Crippen LogP contribution is -1.75. The van der Waals surface area contributed by atoms with Gasteiger partial charge in [0.1, 0.15) is 0 Å². The minimum absolute atomic E-state index is 1.34. The number of thiophene rings is 2. The summed E-state index contributed by atoms with van der Waals surface area (Å²) < 4.78 is 4.18. The third-order valence-electron chi connectivity index (χ3n) is 3.94. The number of benzene rings is 3. The lowest BCUT2D eigenvalue weighted by Gasteiger charge is -2.02. The summed E-state index contributed by atoms with van der Waals surface area (Å²) in [5, 5.41) is 9.13. The number of hydrogen-bond donors (Lipinski definition) is 0. The first-order valence-electron chi connectivity index (χ1n) is 6.62. The van der Waals surface area contributed by atoms with Crippen molar-refractivity contribution in [2.24, 2.45) is 0 Å². The van der Waals surface area contributed by atoms with E-state index < -0.39 is 0 Å². The molecule has 0 aliphatic rings. The van der Waals surface area contributed by atoms with E-state index in [1.165, 1.54) is 41.0 Å². The van der Waals surface area contributed by atoms with Gasteiger partial charge in [0.25, 0.3) is 0 Å². The van der Waals surface area contributed by atoms with E-state index in [4.69, 9.17) is 0 Å². The Balaban J connectivity index is 2.21. The fourth-order valence-corrected chi connectivity index (χ4v) is 5.12. The van der Waals surface area contributed by atoms with Gasteiger partial charge >= 0.3 is 0 Å². The Morgan fingerprint density at radius 3 is 2.50 bits per heavy atom. The molecule has 0 unspecified atom stereocenters. The monoisotopic (exact) mass is 290 g/mol. The molecule has 0 spiro atoms. The highest BCUT2D eigenvalue weighted by atomic mass is 32.1. The van der Waals surface area contributed by atoms with Crippen LogP contribution in [-0.2, 0) is 0 Å². The second kappa shape index (κ2) is 3.81. The molecule has 0 N–H and O–H groups in total. The average Bonchev–Trinajstić information content (AvgIpc) is 3.10. The van der Waals surface area contributed by atoms with Crippen LogP contribution in [0.2, 0.25) is 0 Å². The van der Waals surface area contributed by atoms with E-state index in [1.54, 1.807) is 0 Å². The molecule has 20 heavy (non-hydrogen) atoms. The summed E-state index contributed by atoms with van der Waals surface area (Å²) in [7, 11) is 0. The SMILES string of the molecule is c1ccc2c(c1)sc1ccc3ccc4ccsc4c3c12. The minimum Gasteiger partial charge on any atom is -0.143 e. The van der Waals surface area contributed by atoms with Gasteiger partial charge in [-0.2, -0.15) is 0 Å². The van der Waals surface area contributed by atoms with Crippen molar-refractivity contribution in [3.63, 3.8) is 0 Å². The lowest BCUT2D eigenvalue weighted by molar-refractivity contribution is 1.87. The third-order valence-corrected chi connectivity index (χ3v) is 6.02. The summed E-state index contributed by atoms with van der Waals surface area (Å²) in [5.41, 5.74) is 0. The standard InChI is InChI=1S/C18H10S2/c1-2-4-14-13(3-1)17-15(20-14)8-7-11-5-6-12-9-10-19-18(12)16(11)17/h1-10H. The Labute approximate surface area is 123 Å². The number of fused-ring (bicyclic) bond motifs is 7. The minimum atomic E-state index is 1.34. The Morgan fingerprint density at radius 2 is 1.50 bits per heavy atom. The van der Waals surface area contributed by atoms with Crippen molar-refractivity contribution in [2.75, 3.05) is 0 Å². The topological polar surface area (TPSA) is 0 Å². The molecule has 5 rings (SSSR count). The van der Waals surface area contributed by atoms with Gasteiger partial charge in [-0.05, 0) is 34.4 Å². The van der Waals surface area contributed by atoms with Crippen LogP contribution in [0.5, 0.6) is 0 Å². The van der Waals surface area contributed by atoms with Crippen LogP contribution in [0.1, 0.15) is 0 Å². The molecular weight excluding hydrogens is 280 g/mol. The van der Waals surface area contributed by atoms with Gasteiger partial charge in [0.2, 0.25) is 0 Å². The first kappa shape index (κ1) is 10.8. The highest BCUT2D eigenvalue weighted by Crippen LogP contribution is 2.42. The molecule has 0 amide bonds. The molecule has 2 heteroatoms. The number of hydrogen-bond acceptors (Lipinski definition) is 2. The molecule has 0 saturated heterocycles. The van der Waals surface area contributed by atoms with Crippen molar-refractivity contribution >= 4 is 63.7 Å². The molecule has 0 aliphatic heterocycles. The molecule has 94 valence electrons. The van der Waals surface area contributed by atoms with E-state index in [9.17, 15) is 0 Å². The predicted octanol–water partition coefficient (Wildman–Crippen LogP) is 6.42. The Hall–Kier alpha value is -1.90. The van der Waals surface area contributed by atoms with E-state index in [0.717, 1.165) is 0 Å². The van der Waals surface area contributed by atoms with Crippen LogP contribution in [0.4, 0.5) is 0 Å². The van der Waals surface area contributed by atoms with Crippen LogP contribution in [0.3, 0.4) is 0 Å². The Kier molecular flexibility index (Phi) is 2.07. The molecule has 3 aromatic carbocycles. The van der Waals surface area contributed by atoms with Gasteiger partial charge in [-0.25, -0.2) is 0 Å². The summed E-state index contributed by atoms with van der Waals surface area (Å²) in [6.07, 6.45) is 0. The maximum Gasteiger partial charge on any atom is 0.0427 e. The molecule has 0 saturated carbocycles. The molecule has 0 radical (unpaired) electrons. The second-order valence-corrected chi connectivity index (χ2v) is 7.04. The molecule has 2 heterocycles. The van der Waals surface area contributed by atoms with Crippen molar-refractivity contribution < 1.29 is 0 Å². The van der Waals surface area contributed by atoms with Gasteiger partial charge in [-0.3, -0.25) is 0 Å². The normalized spacial score (nSPS) is 12.0. The summed E-state index contributed by atoms with van der Waals surface area (Å²) >= 11 is 3.74. The van der Waals surface area contributed by atoms with Gasteiger partial charge in [-0.15, -0.1) is 22.7 Å². The van der Waals surface area contributed by atoms with E-state index >= 15 is 0 Å². The maximum absolute atomic E-state index is 2.27. The van der Waals surface area contributed by atoms with E-state index in [-0.39, 0.29) is 0 Å². The van der Waals surface area contributed by atoms with E-state index in [0.29, 0.717) is 0 Å². The molecule has 5 aromatic rings. The summed E-state index contributed by atoms with van der Waals surface area (Å²) in [6.45, 7) is 0. The zero-order valence-corrected chi connectivity index (χ0v) is 12.2. The van der Waals surface area contributed by atoms with Crippen molar-refractivity contribution in [2.45, 2.75) is 0 Å². The highest BCUT2D eigenvalue weighted by molar-refractivity contribution is 7.26. The lowest BCUT2D eigenvalue weighted by atomic mass is 10.0. The molecule has 0 atom stereocenters. The van der Waals surface area contributed by atoms with Crippen LogP contribution in [0.15, 0.2) is 60.0 Å². The van der Waals surface area contributed by atoms with Crippen LogP contribution in [0, 0.1) is 0 Å². The van der Waals surface area contributed by atoms with Crippen molar-refractivity contribution in [3.05, 3.63) is 60.0 Å². The van der Waals surface area contributed by atoms with Gasteiger partial charge < -0.3 is 0 Å². The van der Waals surface area contributed by atoms with Crippen LogP contribution in [-0.4, -0.2) is 0 Å². The molecule has 2 aromatic heterocycles. The van der Waals surface area contributed by atoms with Gasteiger partial charge in [0, 0.05) is 30.3 Å². The Morgan fingerprint density at radius 1 is 0.650 bits per heavy atom. The van der Waals surface area contributed by atoms with Crippen LogP contribution in [0.25, 0.3) is 41.0 Å². The summed E-state index contributed by atoms with van der Waals surface area (Å²) in [4.78, 5) is 0. The zero-order valence-electron chi connectivity index (χ0n) is 10.6. The van der Waals surface area contributed by atoms with E-state index in [2.05, 4.69) is 60.0 Å². The predicted molar refractivity (Wildman–Crippen MR) is 92.2 cm³/mol. The molecule has 0 aliphatic carbocycles. The molecule has 0 bridgehead atoms. The van der Waals surface area contributed by atoms with Crippen LogP contribution < -0.4 is 0 Å². The second-order valence-electron chi connectivity index (χ2n) is 5.04. The molecular formula is C18H10S2. The highest BCUT2D eigenvalue weighted by Gasteiger charge is 2.11. The van der Waals surface area contributed by atoms with Gasteiger partial charge in [-0.1, -0.05) is 36.4 Å². The molecule has 0 fully saturated rings. The average molecular weight is 290 g/mol. The number of rotatable bonds is 0. The summed E-state index contributed by atoms with van der Waals surface area (Å²) in [5.74, 6) is 0. The Bertz CT molecular complexity index is 1100. The quantitative estimate of drug-likeness (QED) is 0.308. The fourth-order valence-electron chi connectivity index (χ4n) is 3.05.